The molecule has 17 heavy (non-hydrogen) atoms. The minimum atomic E-state index is -0.645. The summed E-state index contributed by atoms with van der Waals surface area (Å²) in [6, 6.07) is 1.06. The molecule has 8 heteroatoms. The molecule has 0 radical (unpaired) electrons. The molecule has 0 unspecified atom stereocenters. The van der Waals surface area contributed by atoms with Crippen molar-refractivity contribution in [3.63, 3.8) is 0 Å². The fraction of sp³-hybridized carbons (Fsp3) is 0.333. The number of pyridine rings is 1. The quantitative estimate of drug-likeness (QED) is 0.259. The van der Waals surface area contributed by atoms with E-state index in [1.165, 1.54) is 0 Å². The summed E-state index contributed by atoms with van der Waals surface area (Å²) in [4.78, 5) is 21.0. The first-order valence-corrected chi connectivity index (χ1v) is 4.81. The van der Waals surface area contributed by atoms with Gasteiger partial charge in [0.05, 0.1) is 17.6 Å². The first kappa shape index (κ1) is 12.7. The minimum Gasteiger partial charge on any atom is -0.619 e. The number of aromatic nitrogens is 1. The van der Waals surface area contributed by atoms with Crippen LogP contribution in [0.25, 0.3) is 0 Å². The highest BCUT2D eigenvalue weighted by molar-refractivity contribution is 5.76. The van der Waals surface area contributed by atoms with E-state index in [1.807, 2.05) is 0 Å². The summed E-state index contributed by atoms with van der Waals surface area (Å²) in [5.74, 6) is -0.553. The molecule has 92 valence electrons. The molecule has 1 aromatic rings. The number of rotatable bonds is 5. The van der Waals surface area contributed by atoms with Gasteiger partial charge in [-0.25, -0.2) is 0 Å². The number of hydrogen-bond donors (Lipinski definition) is 1. The second-order valence-corrected chi connectivity index (χ2v) is 3.02. The molecule has 1 aromatic heterocycles. The highest BCUT2D eigenvalue weighted by Crippen LogP contribution is 2.20. The number of anilines is 1. The van der Waals surface area contributed by atoms with Crippen LogP contribution in [0.4, 0.5) is 11.4 Å². The van der Waals surface area contributed by atoms with E-state index in [0.29, 0.717) is 4.73 Å². The number of nitrogens with one attached hydrogen (secondary N) is 1. The molecule has 0 atom stereocenters. The normalized spacial score (nSPS) is 9.71. The van der Waals surface area contributed by atoms with E-state index in [4.69, 9.17) is 0 Å². The first-order chi connectivity index (χ1) is 8.04. The van der Waals surface area contributed by atoms with Crippen LogP contribution in [0.3, 0.4) is 0 Å². The van der Waals surface area contributed by atoms with Crippen LogP contribution in [0.1, 0.15) is 6.92 Å². The summed E-state index contributed by atoms with van der Waals surface area (Å²) in [6.07, 6.45) is 1.99. The predicted octanol–water partition coefficient (Wildman–Crippen LogP) is 0.203. The van der Waals surface area contributed by atoms with Gasteiger partial charge in [0.15, 0.2) is 11.9 Å². The lowest BCUT2D eigenvalue weighted by Crippen LogP contribution is -2.26. The van der Waals surface area contributed by atoms with Crippen molar-refractivity contribution < 1.29 is 19.2 Å². The van der Waals surface area contributed by atoms with Crippen LogP contribution >= 0.6 is 0 Å². The summed E-state index contributed by atoms with van der Waals surface area (Å²) in [7, 11) is 0. The Bertz CT molecular complexity index is 435. The van der Waals surface area contributed by atoms with Crippen molar-refractivity contribution in [1.29, 1.82) is 0 Å². The summed E-state index contributed by atoms with van der Waals surface area (Å²) in [6.45, 7) is 1.63. The molecule has 0 fully saturated rings. The highest BCUT2D eigenvalue weighted by Gasteiger charge is 2.17. The Kier molecular flexibility index (Phi) is 4.21. The van der Waals surface area contributed by atoms with Crippen LogP contribution in [0.15, 0.2) is 18.5 Å². The Balaban J connectivity index is 2.78. The van der Waals surface area contributed by atoms with Gasteiger partial charge < -0.3 is 15.3 Å². The number of hydrogen-bond acceptors (Lipinski definition) is 6. The van der Waals surface area contributed by atoms with E-state index in [0.717, 1.165) is 18.5 Å². The van der Waals surface area contributed by atoms with Crippen molar-refractivity contribution in [3.8, 4) is 0 Å². The second kappa shape index (κ2) is 5.64. The fourth-order valence-corrected chi connectivity index (χ4v) is 1.15. The molecule has 0 spiro atoms. The molecule has 0 aliphatic rings. The molecule has 0 saturated carbocycles. The van der Waals surface area contributed by atoms with Crippen molar-refractivity contribution >= 4 is 17.3 Å². The lowest BCUT2D eigenvalue weighted by atomic mass is 10.3. The Hall–Kier alpha value is -2.38. The van der Waals surface area contributed by atoms with Gasteiger partial charge in [-0.1, -0.05) is 0 Å². The van der Waals surface area contributed by atoms with Crippen LogP contribution in [-0.4, -0.2) is 24.0 Å². The third kappa shape index (κ3) is 3.59. The Morgan fingerprint density at radius 3 is 2.94 bits per heavy atom. The number of nitro groups is 1. The zero-order valence-corrected chi connectivity index (χ0v) is 9.08. The molecule has 0 bridgehead atoms. The third-order valence-corrected chi connectivity index (χ3v) is 1.84. The molecule has 0 aliphatic carbocycles. The smallest absolute Gasteiger partial charge is 0.325 e. The largest absolute Gasteiger partial charge is 0.619 e. The molecular weight excluding hydrogens is 230 g/mol. The van der Waals surface area contributed by atoms with Crippen molar-refractivity contribution in [1.82, 2.24) is 0 Å². The zero-order chi connectivity index (χ0) is 12.8. The third-order valence-electron chi connectivity index (χ3n) is 1.84. The first-order valence-electron chi connectivity index (χ1n) is 4.81. The van der Waals surface area contributed by atoms with Crippen LogP contribution in [0.5, 0.6) is 0 Å². The average molecular weight is 241 g/mol. The van der Waals surface area contributed by atoms with E-state index in [1.54, 1.807) is 6.92 Å². The number of carbonyl (C=O) groups is 1. The monoisotopic (exact) mass is 241 g/mol. The highest BCUT2D eigenvalue weighted by atomic mass is 16.6. The van der Waals surface area contributed by atoms with Crippen LogP contribution < -0.4 is 10.0 Å². The van der Waals surface area contributed by atoms with Gasteiger partial charge in [-0.3, -0.25) is 14.9 Å². The molecule has 1 heterocycles. The fourth-order valence-electron chi connectivity index (χ4n) is 1.15. The molecule has 8 nitrogen and oxygen atoms in total. The van der Waals surface area contributed by atoms with Gasteiger partial charge in [0, 0.05) is 0 Å². The van der Waals surface area contributed by atoms with Gasteiger partial charge in [0.2, 0.25) is 6.20 Å². The predicted molar refractivity (Wildman–Crippen MR) is 57.2 cm³/mol. The summed E-state index contributed by atoms with van der Waals surface area (Å²) >= 11 is 0. The van der Waals surface area contributed by atoms with Crippen LogP contribution in [-0.2, 0) is 9.53 Å². The summed E-state index contributed by atoms with van der Waals surface area (Å²) in [5.41, 5.74) is -0.304. The van der Waals surface area contributed by atoms with E-state index < -0.39 is 10.9 Å². The van der Waals surface area contributed by atoms with Gasteiger partial charge in [-0.05, 0) is 6.92 Å². The van der Waals surface area contributed by atoms with Crippen molar-refractivity contribution in [2.75, 3.05) is 18.5 Å². The molecule has 0 amide bonds. The van der Waals surface area contributed by atoms with Crippen molar-refractivity contribution in [2.45, 2.75) is 6.92 Å². The number of esters is 1. The minimum absolute atomic E-state index is 0.0273. The number of ether oxygens (including phenoxy) is 1. The lowest BCUT2D eigenvalue weighted by Gasteiger charge is -2.05. The van der Waals surface area contributed by atoms with E-state index in [-0.39, 0.29) is 24.5 Å². The maximum absolute atomic E-state index is 11.0. The molecule has 1 rings (SSSR count). The molecular formula is C9H11N3O5. The standard InChI is InChI=1S/C9H11N3O5/c1-2-17-9(13)5-10-7-6-11(14)4-3-8(7)12(15)16/h3-4,6,10H,2,5H2,1H3. The average Bonchev–Trinajstić information content (AvgIpc) is 2.26. The Labute approximate surface area is 96.5 Å². The molecule has 0 aliphatic heterocycles. The van der Waals surface area contributed by atoms with Crippen molar-refractivity contribution in [2.24, 2.45) is 0 Å². The van der Waals surface area contributed by atoms with Gasteiger partial charge in [-0.2, -0.15) is 4.73 Å². The van der Waals surface area contributed by atoms with Crippen LogP contribution in [0, 0.1) is 15.3 Å². The van der Waals surface area contributed by atoms with E-state index in [2.05, 4.69) is 10.1 Å². The molecule has 0 aromatic carbocycles. The topological polar surface area (TPSA) is 108 Å². The second-order valence-electron chi connectivity index (χ2n) is 3.02. The van der Waals surface area contributed by atoms with Gasteiger partial charge in [0.25, 0.3) is 0 Å². The van der Waals surface area contributed by atoms with E-state index >= 15 is 0 Å². The summed E-state index contributed by atoms with van der Waals surface area (Å²) < 4.78 is 5.04. The zero-order valence-electron chi connectivity index (χ0n) is 9.08. The molecule has 0 saturated heterocycles. The Morgan fingerprint density at radius 1 is 1.65 bits per heavy atom. The maximum Gasteiger partial charge on any atom is 0.325 e. The maximum atomic E-state index is 11.0. The van der Waals surface area contributed by atoms with Crippen molar-refractivity contribution in [3.05, 3.63) is 33.8 Å². The Morgan fingerprint density at radius 2 is 2.35 bits per heavy atom. The summed E-state index contributed by atoms with van der Waals surface area (Å²) in [5, 5.41) is 24.1. The van der Waals surface area contributed by atoms with Gasteiger partial charge in [0.1, 0.15) is 6.54 Å². The van der Waals surface area contributed by atoms with Gasteiger partial charge in [-0.15, -0.1) is 0 Å². The van der Waals surface area contributed by atoms with Gasteiger partial charge >= 0.3 is 11.7 Å². The molecule has 1 N–H and O–H groups in total. The SMILES string of the molecule is CCOC(=O)CNc1c[n+]([O-])ccc1[N+](=O)[O-]. The number of carbonyl (C=O) groups excluding carboxylic acids is 1. The lowest BCUT2D eigenvalue weighted by molar-refractivity contribution is -0.605. The van der Waals surface area contributed by atoms with Crippen LogP contribution in [0.2, 0.25) is 0 Å². The number of nitrogens with zero attached hydrogens (tertiary/aromatic N) is 2. The van der Waals surface area contributed by atoms with E-state index in [9.17, 15) is 20.1 Å².